The fraction of sp³-hybridized carbons (Fsp3) is 0.571. The molecule has 0 fully saturated rings. The van der Waals surface area contributed by atoms with E-state index in [9.17, 15) is 0 Å². The van der Waals surface area contributed by atoms with Crippen LogP contribution in [0.1, 0.15) is 50.8 Å². The lowest BCUT2D eigenvalue weighted by molar-refractivity contribution is 0.190. The van der Waals surface area contributed by atoms with Crippen LogP contribution in [0, 0.1) is 6.92 Å². The molecule has 0 radical (unpaired) electrons. The van der Waals surface area contributed by atoms with Crippen molar-refractivity contribution < 1.29 is 13.8 Å². The molecule has 0 atom stereocenters. The molecule has 0 unspecified atom stereocenters. The maximum absolute atomic E-state index is 5.67. The molecule has 0 aliphatic carbocycles. The van der Waals surface area contributed by atoms with Crippen molar-refractivity contribution in [1.82, 2.24) is 10.3 Å². The van der Waals surface area contributed by atoms with Gasteiger partial charge in [0.25, 0.3) is 5.88 Å². The van der Waals surface area contributed by atoms with E-state index in [4.69, 9.17) is 13.8 Å². The molecular formula is C14H20N2O3. The van der Waals surface area contributed by atoms with Crippen molar-refractivity contribution >= 4 is 0 Å². The monoisotopic (exact) mass is 264 g/mol. The van der Waals surface area contributed by atoms with E-state index in [1.165, 1.54) is 0 Å². The summed E-state index contributed by atoms with van der Waals surface area (Å²) in [6.45, 7) is 10.5. The zero-order chi connectivity index (χ0) is 14.0. The highest BCUT2D eigenvalue weighted by molar-refractivity contribution is 5.16. The first kappa shape index (κ1) is 13.6. The van der Waals surface area contributed by atoms with Gasteiger partial charge in [0.05, 0.1) is 11.1 Å². The average Bonchev–Trinajstić information content (AvgIpc) is 2.95. The third-order valence-corrected chi connectivity index (χ3v) is 2.95. The van der Waals surface area contributed by atoms with E-state index in [-0.39, 0.29) is 5.41 Å². The summed E-state index contributed by atoms with van der Waals surface area (Å²) in [6, 6.07) is 3.75. The van der Waals surface area contributed by atoms with Gasteiger partial charge in [-0.15, -0.1) is 0 Å². The normalized spacial score (nSPS) is 12.1. The minimum Gasteiger partial charge on any atom is -0.474 e. The summed E-state index contributed by atoms with van der Waals surface area (Å²) >= 11 is 0. The number of hydrogen-bond donors (Lipinski definition) is 0. The van der Waals surface area contributed by atoms with E-state index in [1.807, 2.05) is 46.8 Å². The number of ether oxygens (including phenoxy) is 1. The fourth-order valence-corrected chi connectivity index (χ4v) is 1.62. The molecule has 0 saturated heterocycles. The van der Waals surface area contributed by atoms with E-state index in [0.29, 0.717) is 18.4 Å². The van der Waals surface area contributed by atoms with Crippen LogP contribution in [0.3, 0.4) is 0 Å². The number of nitrogens with zero attached hydrogens (tertiary/aromatic N) is 2. The van der Waals surface area contributed by atoms with Gasteiger partial charge in [-0.1, -0.05) is 19.0 Å². The van der Waals surface area contributed by atoms with Crippen molar-refractivity contribution in [2.75, 3.05) is 6.61 Å². The molecule has 0 saturated carbocycles. The Labute approximate surface area is 112 Å². The zero-order valence-electron chi connectivity index (χ0n) is 12.1. The SMILES string of the molecule is Cc1cc(C(C)(C)COc2cc(C(C)C)on2)on1. The molecule has 0 amide bonds. The zero-order valence-corrected chi connectivity index (χ0v) is 12.1. The highest BCUT2D eigenvalue weighted by atomic mass is 16.5. The predicted octanol–water partition coefficient (Wildman–Crippen LogP) is 3.45. The van der Waals surface area contributed by atoms with E-state index in [0.717, 1.165) is 17.2 Å². The molecule has 2 rings (SSSR count). The Balaban J connectivity index is 2.00. The Hall–Kier alpha value is -1.78. The van der Waals surface area contributed by atoms with E-state index < -0.39 is 0 Å². The van der Waals surface area contributed by atoms with E-state index in [2.05, 4.69) is 10.3 Å². The van der Waals surface area contributed by atoms with Crippen LogP contribution in [0.25, 0.3) is 0 Å². The van der Waals surface area contributed by atoms with Gasteiger partial charge < -0.3 is 13.8 Å². The van der Waals surface area contributed by atoms with Crippen molar-refractivity contribution in [2.45, 2.75) is 46.0 Å². The lowest BCUT2D eigenvalue weighted by Crippen LogP contribution is -2.25. The number of rotatable bonds is 5. The Morgan fingerprint density at radius 2 is 1.95 bits per heavy atom. The van der Waals surface area contributed by atoms with Gasteiger partial charge in [0, 0.05) is 18.1 Å². The van der Waals surface area contributed by atoms with Gasteiger partial charge in [-0.25, -0.2) is 0 Å². The van der Waals surface area contributed by atoms with Crippen LogP contribution in [0.4, 0.5) is 0 Å². The van der Waals surface area contributed by atoms with Crippen molar-refractivity contribution in [2.24, 2.45) is 0 Å². The van der Waals surface area contributed by atoms with Gasteiger partial charge in [-0.05, 0) is 25.9 Å². The quantitative estimate of drug-likeness (QED) is 0.827. The first-order valence-corrected chi connectivity index (χ1v) is 6.42. The second kappa shape index (κ2) is 5.07. The molecule has 0 bridgehead atoms. The summed E-state index contributed by atoms with van der Waals surface area (Å²) in [6.07, 6.45) is 0. The first-order chi connectivity index (χ1) is 8.88. The third-order valence-electron chi connectivity index (χ3n) is 2.95. The Morgan fingerprint density at radius 3 is 2.47 bits per heavy atom. The molecule has 19 heavy (non-hydrogen) atoms. The van der Waals surface area contributed by atoms with Crippen molar-refractivity contribution in [3.63, 3.8) is 0 Å². The van der Waals surface area contributed by atoms with Crippen LogP contribution in [0.5, 0.6) is 5.88 Å². The van der Waals surface area contributed by atoms with Crippen molar-refractivity contribution in [3.8, 4) is 5.88 Å². The lowest BCUT2D eigenvalue weighted by Gasteiger charge is -2.20. The van der Waals surface area contributed by atoms with Crippen molar-refractivity contribution in [3.05, 3.63) is 29.3 Å². The Kier molecular flexibility index (Phi) is 3.64. The summed E-state index contributed by atoms with van der Waals surface area (Å²) in [5.74, 6) is 2.43. The minimum atomic E-state index is -0.266. The van der Waals surface area contributed by atoms with Crippen LogP contribution in [0.2, 0.25) is 0 Å². The molecule has 2 aromatic rings. The molecule has 5 nitrogen and oxygen atoms in total. The van der Waals surface area contributed by atoms with E-state index in [1.54, 1.807) is 0 Å². The predicted molar refractivity (Wildman–Crippen MR) is 70.4 cm³/mol. The highest BCUT2D eigenvalue weighted by Crippen LogP contribution is 2.26. The van der Waals surface area contributed by atoms with Crippen molar-refractivity contribution in [1.29, 1.82) is 0 Å². The van der Waals surface area contributed by atoms with Crippen LogP contribution in [0.15, 0.2) is 21.2 Å². The molecule has 104 valence electrons. The smallest absolute Gasteiger partial charge is 0.254 e. The second-order valence-corrected chi connectivity index (χ2v) is 5.73. The third kappa shape index (κ3) is 3.16. The summed E-state index contributed by atoms with van der Waals surface area (Å²) in [5.41, 5.74) is 0.602. The molecular weight excluding hydrogens is 244 g/mol. The molecule has 0 aliphatic rings. The van der Waals surface area contributed by atoms with Gasteiger partial charge in [0.1, 0.15) is 18.1 Å². The molecule has 0 aliphatic heterocycles. The lowest BCUT2D eigenvalue weighted by atomic mass is 9.91. The number of aromatic nitrogens is 2. The average molecular weight is 264 g/mol. The maximum atomic E-state index is 5.67. The summed E-state index contributed by atoms with van der Waals surface area (Å²) in [4.78, 5) is 0. The Bertz CT molecular complexity index is 540. The standard InChI is InChI=1S/C14H20N2O3/c1-9(2)11-7-13(16-18-11)17-8-14(4,5)12-6-10(3)15-19-12/h6-7,9H,8H2,1-5H3. The summed E-state index contributed by atoms with van der Waals surface area (Å²) in [5, 5.41) is 7.80. The highest BCUT2D eigenvalue weighted by Gasteiger charge is 2.27. The van der Waals surface area contributed by atoms with Gasteiger partial charge in [0.2, 0.25) is 0 Å². The van der Waals surface area contributed by atoms with Crippen LogP contribution in [-0.2, 0) is 5.41 Å². The van der Waals surface area contributed by atoms with Gasteiger partial charge in [-0.3, -0.25) is 0 Å². The maximum Gasteiger partial charge on any atom is 0.254 e. The molecule has 2 aromatic heterocycles. The number of aryl methyl sites for hydroxylation is 1. The van der Waals surface area contributed by atoms with Gasteiger partial charge >= 0.3 is 0 Å². The number of hydrogen-bond acceptors (Lipinski definition) is 5. The Morgan fingerprint density at radius 1 is 1.21 bits per heavy atom. The van der Waals surface area contributed by atoms with Crippen LogP contribution >= 0.6 is 0 Å². The second-order valence-electron chi connectivity index (χ2n) is 5.73. The topological polar surface area (TPSA) is 61.3 Å². The van der Waals surface area contributed by atoms with Gasteiger partial charge in [0.15, 0.2) is 0 Å². The molecule has 0 spiro atoms. The van der Waals surface area contributed by atoms with Crippen LogP contribution in [-0.4, -0.2) is 16.9 Å². The van der Waals surface area contributed by atoms with Gasteiger partial charge in [-0.2, -0.15) is 0 Å². The summed E-state index contributed by atoms with van der Waals surface area (Å²) in [7, 11) is 0. The van der Waals surface area contributed by atoms with Crippen LogP contribution < -0.4 is 4.74 Å². The molecule has 2 heterocycles. The molecule has 0 aromatic carbocycles. The molecule has 0 N–H and O–H groups in total. The first-order valence-electron chi connectivity index (χ1n) is 6.42. The summed E-state index contributed by atoms with van der Waals surface area (Å²) < 4.78 is 16.2. The minimum absolute atomic E-state index is 0.266. The largest absolute Gasteiger partial charge is 0.474 e. The fourth-order valence-electron chi connectivity index (χ4n) is 1.62. The molecule has 5 heteroatoms. The van der Waals surface area contributed by atoms with E-state index >= 15 is 0 Å².